The van der Waals surface area contributed by atoms with Crippen LogP contribution < -0.4 is 9.80 Å². The zero-order valence-corrected chi connectivity index (χ0v) is 14.4. The molecule has 0 atom stereocenters. The topological polar surface area (TPSA) is 69.6 Å². The molecular weight excluding hydrogens is 316 g/mol. The number of aliphatic hydroxyl groups excluding tert-OH is 1. The van der Waals surface area contributed by atoms with E-state index in [9.17, 15) is 9.90 Å². The van der Waals surface area contributed by atoms with Crippen LogP contribution in [0.15, 0.2) is 30.5 Å². The number of benzene rings is 1. The third-order valence-corrected chi connectivity index (χ3v) is 5.04. The second-order valence-electron chi connectivity index (χ2n) is 6.66. The molecular formula is C19H22N4O2. The van der Waals surface area contributed by atoms with E-state index in [4.69, 9.17) is 0 Å². The van der Waals surface area contributed by atoms with E-state index >= 15 is 0 Å². The number of piperidine rings is 1. The molecule has 0 radical (unpaired) electrons. The van der Waals surface area contributed by atoms with Crippen LogP contribution in [-0.2, 0) is 13.0 Å². The maximum atomic E-state index is 12.7. The predicted molar refractivity (Wildman–Crippen MR) is 95.8 cm³/mol. The van der Waals surface area contributed by atoms with Gasteiger partial charge in [0, 0.05) is 25.0 Å². The first kappa shape index (κ1) is 16.0. The van der Waals surface area contributed by atoms with Gasteiger partial charge in [0.15, 0.2) is 0 Å². The molecule has 1 saturated heterocycles. The second kappa shape index (κ2) is 6.44. The Morgan fingerprint density at radius 1 is 1.20 bits per heavy atom. The standard InChI is InChI=1S/C19H22N4O2/c1-2-13-3-5-14(6-4-13)23-12-17-16(18(23)25)11-20-19(21-17)22-9-7-15(24)8-10-22/h3-6,11,15,24H,2,7-10,12H2,1H3. The van der Waals surface area contributed by atoms with Crippen molar-refractivity contribution in [1.82, 2.24) is 9.97 Å². The summed E-state index contributed by atoms with van der Waals surface area (Å²) in [5, 5.41) is 9.64. The number of aromatic nitrogens is 2. The van der Waals surface area contributed by atoms with E-state index < -0.39 is 0 Å². The lowest BCUT2D eigenvalue weighted by molar-refractivity contribution is 0.0996. The average Bonchev–Trinajstić information content (AvgIpc) is 2.98. The number of anilines is 2. The molecule has 25 heavy (non-hydrogen) atoms. The maximum absolute atomic E-state index is 12.7. The first-order valence-corrected chi connectivity index (χ1v) is 8.85. The molecule has 2 aliphatic rings. The number of aryl methyl sites for hydroxylation is 1. The smallest absolute Gasteiger partial charge is 0.262 e. The number of fused-ring (bicyclic) bond motifs is 1. The molecule has 6 heteroatoms. The number of hydrogen-bond donors (Lipinski definition) is 1. The van der Waals surface area contributed by atoms with Crippen LogP contribution >= 0.6 is 0 Å². The molecule has 4 rings (SSSR count). The van der Waals surface area contributed by atoms with Crippen molar-refractivity contribution in [3.63, 3.8) is 0 Å². The summed E-state index contributed by atoms with van der Waals surface area (Å²) in [4.78, 5) is 25.5. The van der Waals surface area contributed by atoms with Gasteiger partial charge < -0.3 is 14.9 Å². The van der Waals surface area contributed by atoms with Gasteiger partial charge in [0.25, 0.3) is 5.91 Å². The highest BCUT2D eigenvalue weighted by molar-refractivity contribution is 6.09. The molecule has 0 bridgehead atoms. The van der Waals surface area contributed by atoms with Crippen molar-refractivity contribution in [1.29, 1.82) is 0 Å². The minimum absolute atomic E-state index is 0.0418. The number of nitrogens with zero attached hydrogens (tertiary/aromatic N) is 4. The summed E-state index contributed by atoms with van der Waals surface area (Å²) in [7, 11) is 0. The lowest BCUT2D eigenvalue weighted by atomic mass is 10.1. The van der Waals surface area contributed by atoms with E-state index in [0.717, 1.165) is 43.7 Å². The van der Waals surface area contributed by atoms with Crippen LogP contribution in [0.2, 0.25) is 0 Å². The summed E-state index contributed by atoms with van der Waals surface area (Å²) < 4.78 is 0. The van der Waals surface area contributed by atoms with Crippen molar-refractivity contribution in [2.45, 2.75) is 38.8 Å². The van der Waals surface area contributed by atoms with Crippen LogP contribution in [0.5, 0.6) is 0 Å². The Morgan fingerprint density at radius 3 is 2.60 bits per heavy atom. The first-order valence-electron chi connectivity index (χ1n) is 8.85. The number of carbonyl (C=O) groups excluding carboxylic acids is 1. The minimum Gasteiger partial charge on any atom is -0.393 e. The molecule has 0 saturated carbocycles. The molecule has 1 fully saturated rings. The summed E-state index contributed by atoms with van der Waals surface area (Å²) >= 11 is 0. The third-order valence-electron chi connectivity index (χ3n) is 5.04. The van der Waals surface area contributed by atoms with Gasteiger partial charge in [0.2, 0.25) is 5.95 Å². The highest BCUT2D eigenvalue weighted by Gasteiger charge is 2.31. The highest BCUT2D eigenvalue weighted by atomic mass is 16.3. The van der Waals surface area contributed by atoms with Crippen LogP contribution in [0.1, 0.15) is 41.4 Å². The Bertz CT molecular complexity index is 783. The molecule has 0 aliphatic carbocycles. The van der Waals surface area contributed by atoms with Gasteiger partial charge in [-0.2, -0.15) is 0 Å². The van der Waals surface area contributed by atoms with Gasteiger partial charge in [0.1, 0.15) is 0 Å². The zero-order chi connectivity index (χ0) is 17.4. The minimum atomic E-state index is -0.228. The largest absolute Gasteiger partial charge is 0.393 e. The molecule has 1 N–H and O–H groups in total. The fourth-order valence-corrected chi connectivity index (χ4v) is 3.41. The summed E-state index contributed by atoms with van der Waals surface area (Å²) in [5.41, 5.74) is 3.51. The molecule has 6 nitrogen and oxygen atoms in total. The average molecular weight is 338 g/mol. The Morgan fingerprint density at radius 2 is 1.92 bits per heavy atom. The molecule has 2 aliphatic heterocycles. The second-order valence-corrected chi connectivity index (χ2v) is 6.66. The zero-order valence-electron chi connectivity index (χ0n) is 14.4. The first-order chi connectivity index (χ1) is 12.2. The van der Waals surface area contributed by atoms with E-state index in [-0.39, 0.29) is 12.0 Å². The Balaban J connectivity index is 1.56. The molecule has 2 aromatic rings. The molecule has 1 amide bonds. The summed E-state index contributed by atoms with van der Waals surface area (Å²) in [5.74, 6) is 0.612. The van der Waals surface area contributed by atoms with Crippen molar-refractivity contribution in [3.05, 3.63) is 47.3 Å². The molecule has 130 valence electrons. The van der Waals surface area contributed by atoms with Crippen LogP contribution in [0.3, 0.4) is 0 Å². The third kappa shape index (κ3) is 2.98. The van der Waals surface area contributed by atoms with Crippen LogP contribution in [0.4, 0.5) is 11.6 Å². The fraction of sp³-hybridized carbons (Fsp3) is 0.421. The Kier molecular flexibility index (Phi) is 4.13. The normalized spacial score (nSPS) is 17.9. The van der Waals surface area contributed by atoms with Crippen molar-refractivity contribution >= 4 is 17.5 Å². The summed E-state index contributed by atoms with van der Waals surface area (Å²) in [6, 6.07) is 8.09. The van der Waals surface area contributed by atoms with Gasteiger partial charge in [-0.15, -0.1) is 0 Å². The van der Waals surface area contributed by atoms with Gasteiger partial charge in [0.05, 0.1) is 23.9 Å². The van der Waals surface area contributed by atoms with Gasteiger partial charge in [-0.05, 0) is 37.0 Å². The van der Waals surface area contributed by atoms with E-state index in [2.05, 4.69) is 33.9 Å². The van der Waals surface area contributed by atoms with E-state index in [0.29, 0.717) is 18.1 Å². The van der Waals surface area contributed by atoms with Crippen LogP contribution in [0, 0.1) is 0 Å². The molecule has 0 unspecified atom stereocenters. The number of amides is 1. The Hall–Kier alpha value is -2.47. The fourth-order valence-electron chi connectivity index (χ4n) is 3.41. The number of rotatable bonds is 3. The summed E-state index contributed by atoms with van der Waals surface area (Å²) in [6.45, 7) is 4.08. The predicted octanol–water partition coefficient (Wildman–Crippen LogP) is 2.16. The van der Waals surface area contributed by atoms with Crippen LogP contribution in [-0.4, -0.2) is 40.2 Å². The van der Waals surface area contributed by atoms with E-state index in [1.165, 1.54) is 5.56 Å². The van der Waals surface area contributed by atoms with Gasteiger partial charge >= 0.3 is 0 Å². The maximum Gasteiger partial charge on any atom is 0.262 e. The molecule has 1 aromatic carbocycles. The quantitative estimate of drug-likeness (QED) is 0.929. The Labute approximate surface area is 147 Å². The molecule has 0 spiro atoms. The van der Waals surface area contributed by atoms with Crippen LogP contribution in [0.25, 0.3) is 0 Å². The van der Waals surface area contributed by atoms with Gasteiger partial charge in [-0.3, -0.25) is 4.79 Å². The van der Waals surface area contributed by atoms with E-state index in [1.54, 1.807) is 11.1 Å². The van der Waals surface area contributed by atoms with Gasteiger partial charge in [-0.25, -0.2) is 9.97 Å². The highest BCUT2D eigenvalue weighted by Crippen LogP contribution is 2.28. The molecule has 3 heterocycles. The number of hydrogen-bond acceptors (Lipinski definition) is 5. The lowest BCUT2D eigenvalue weighted by Crippen LogP contribution is -2.37. The summed E-state index contributed by atoms with van der Waals surface area (Å²) in [6.07, 6.45) is 3.86. The lowest BCUT2D eigenvalue weighted by Gasteiger charge is -2.29. The van der Waals surface area contributed by atoms with Crippen molar-refractivity contribution < 1.29 is 9.90 Å². The van der Waals surface area contributed by atoms with Crippen molar-refractivity contribution in [3.8, 4) is 0 Å². The number of carbonyl (C=O) groups is 1. The van der Waals surface area contributed by atoms with Gasteiger partial charge in [-0.1, -0.05) is 19.1 Å². The van der Waals surface area contributed by atoms with Crippen molar-refractivity contribution in [2.24, 2.45) is 0 Å². The van der Waals surface area contributed by atoms with E-state index in [1.807, 2.05) is 12.1 Å². The number of aliphatic hydroxyl groups is 1. The SMILES string of the molecule is CCc1ccc(N2Cc3nc(N4CCC(O)CC4)ncc3C2=O)cc1. The monoisotopic (exact) mass is 338 g/mol. The van der Waals surface area contributed by atoms with Crippen molar-refractivity contribution in [2.75, 3.05) is 22.9 Å². The molecule has 1 aromatic heterocycles.